The van der Waals surface area contributed by atoms with Gasteiger partial charge in [-0.1, -0.05) is 30.3 Å². The zero-order chi connectivity index (χ0) is 18.8. The van der Waals surface area contributed by atoms with Crippen molar-refractivity contribution in [2.45, 2.75) is 12.8 Å². The van der Waals surface area contributed by atoms with Crippen molar-refractivity contribution in [2.75, 3.05) is 23.7 Å². The smallest absolute Gasteiger partial charge is 0.306 e. The molecule has 27 heavy (non-hydrogen) atoms. The van der Waals surface area contributed by atoms with Crippen LogP contribution < -0.4 is 15.4 Å². The van der Waals surface area contributed by atoms with Gasteiger partial charge in [-0.3, -0.25) is 4.79 Å². The highest BCUT2D eigenvalue weighted by molar-refractivity contribution is 5.84. The van der Waals surface area contributed by atoms with Crippen molar-refractivity contribution in [1.29, 1.82) is 0 Å². The minimum absolute atomic E-state index is 0.302. The third-order valence-corrected chi connectivity index (χ3v) is 4.91. The molecule has 1 aliphatic rings. The number of rotatable bonds is 4. The van der Waals surface area contributed by atoms with Crippen molar-refractivity contribution >= 4 is 28.2 Å². The van der Waals surface area contributed by atoms with Gasteiger partial charge in [-0.15, -0.1) is 0 Å². The number of hydrogen-bond donors (Lipinski definition) is 2. The van der Waals surface area contributed by atoms with Gasteiger partial charge >= 0.3 is 5.97 Å². The zero-order valence-corrected chi connectivity index (χ0v) is 14.7. The molecule has 0 atom stereocenters. The summed E-state index contributed by atoms with van der Waals surface area (Å²) in [6, 6.07) is 13.8. The molecule has 2 heterocycles. The lowest BCUT2D eigenvalue weighted by atomic mass is 9.97. The summed E-state index contributed by atoms with van der Waals surface area (Å²) in [6.07, 6.45) is 2.56. The number of aromatic nitrogens is 2. The first-order valence-corrected chi connectivity index (χ1v) is 8.86. The largest absolute Gasteiger partial charge is 0.481 e. The van der Waals surface area contributed by atoms with E-state index in [1.54, 1.807) is 0 Å². The summed E-state index contributed by atoms with van der Waals surface area (Å²) in [7, 11) is 0. The molecule has 0 aliphatic carbocycles. The molecule has 1 aromatic heterocycles. The number of anilines is 2. The highest BCUT2D eigenvalue weighted by atomic mass is 16.5. The van der Waals surface area contributed by atoms with Crippen LogP contribution in [0.1, 0.15) is 12.8 Å². The molecule has 1 fully saturated rings. The Kier molecular flexibility index (Phi) is 4.50. The second kappa shape index (κ2) is 7.11. The first kappa shape index (κ1) is 17.1. The lowest BCUT2D eigenvalue weighted by Crippen LogP contribution is -2.37. The van der Waals surface area contributed by atoms with Crippen LogP contribution in [0, 0.1) is 5.92 Å². The molecule has 0 radical (unpaired) electrons. The van der Waals surface area contributed by atoms with Crippen LogP contribution >= 0.6 is 0 Å². The summed E-state index contributed by atoms with van der Waals surface area (Å²) >= 11 is 0. The molecule has 7 nitrogen and oxygen atoms in total. The van der Waals surface area contributed by atoms with Gasteiger partial charge in [0, 0.05) is 13.1 Å². The van der Waals surface area contributed by atoms with Crippen molar-refractivity contribution < 1.29 is 14.6 Å². The van der Waals surface area contributed by atoms with Crippen LogP contribution in [-0.2, 0) is 4.79 Å². The SMILES string of the molecule is Nc1c(Oc2ccc3ccccc3c2)ncnc1N1CCC(C(=O)O)CC1. The van der Waals surface area contributed by atoms with E-state index in [0.717, 1.165) is 10.8 Å². The lowest BCUT2D eigenvalue weighted by Gasteiger charge is -2.31. The van der Waals surface area contributed by atoms with E-state index in [2.05, 4.69) is 9.97 Å². The molecule has 3 aromatic rings. The Balaban J connectivity index is 1.55. The Labute approximate surface area is 156 Å². The van der Waals surface area contributed by atoms with E-state index in [1.807, 2.05) is 47.4 Å². The molecule has 7 heteroatoms. The third kappa shape index (κ3) is 3.48. The molecule has 0 spiro atoms. The van der Waals surface area contributed by atoms with Crippen LogP contribution in [-0.4, -0.2) is 34.1 Å². The van der Waals surface area contributed by atoms with Crippen LogP contribution in [0.3, 0.4) is 0 Å². The Bertz CT molecular complexity index is 984. The van der Waals surface area contributed by atoms with E-state index in [1.165, 1.54) is 6.33 Å². The van der Waals surface area contributed by atoms with E-state index in [4.69, 9.17) is 15.6 Å². The highest BCUT2D eigenvalue weighted by Crippen LogP contribution is 2.34. The first-order valence-electron chi connectivity index (χ1n) is 8.86. The number of benzene rings is 2. The molecule has 2 aromatic carbocycles. The van der Waals surface area contributed by atoms with E-state index in [9.17, 15) is 4.79 Å². The second-order valence-corrected chi connectivity index (χ2v) is 6.63. The fourth-order valence-corrected chi connectivity index (χ4v) is 3.38. The number of carboxylic acid groups (broad SMARTS) is 1. The Morgan fingerprint density at radius 1 is 1.11 bits per heavy atom. The number of aliphatic carboxylic acids is 1. The number of ether oxygens (including phenoxy) is 1. The molecular formula is C20H20N4O3. The van der Waals surface area contributed by atoms with Gasteiger partial charge in [0.25, 0.3) is 0 Å². The van der Waals surface area contributed by atoms with E-state index < -0.39 is 5.97 Å². The number of nitrogens with zero attached hydrogens (tertiary/aromatic N) is 3. The Hall–Kier alpha value is -3.35. The van der Waals surface area contributed by atoms with Crippen molar-refractivity contribution in [2.24, 2.45) is 5.92 Å². The van der Waals surface area contributed by atoms with Gasteiger partial charge in [-0.05, 0) is 35.7 Å². The van der Waals surface area contributed by atoms with Gasteiger partial charge in [0.05, 0.1) is 5.92 Å². The average Bonchev–Trinajstić information content (AvgIpc) is 2.69. The molecule has 0 saturated carbocycles. The Morgan fingerprint density at radius 3 is 2.59 bits per heavy atom. The van der Waals surface area contributed by atoms with Gasteiger partial charge in [0.1, 0.15) is 17.8 Å². The molecule has 4 rings (SSSR count). The van der Waals surface area contributed by atoms with Crippen molar-refractivity contribution in [3.63, 3.8) is 0 Å². The second-order valence-electron chi connectivity index (χ2n) is 6.63. The van der Waals surface area contributed by atoms with E-state index in [-0.39, 0.29) is 5.92 Å². The summed E-state index contributed by atoms with van der Waals surface area (Å²) in [5.74, 6) is 0.484. The van der Waals surface area contributed by atoms with E-state index >= 15 is 0 Å². The normalized spacial score (nSPS) is 15.0. The predicted molar refractivity (Wildman–Crippen MR) is 103 cm³/mol. The molecular weight excluding hydrogens is 344 g/mol. The predicted octanol–water partition coefficient (Wildman–Crippen LogP) is 3.31. The number of hydrogen-bond acceptors (Lipinski definition) is 6. The van der Waals surface area contributed by atoms with Crippen LogP contribution in [0.4, 0.5) is 11.5 Å². The number of nitrogens with two attached hydrogens (primary N) is 1. The van der Waals surface area contributed by atoms with Gasteiger partial charge in [-0.25, -0.2) is 4.98 Å². The standard InChI is InChI=1S/C20H20N4O3/c21-17-18(24-9-7-14(8-10-24)20(25)26)22-12-23-19(17)27-16-6-5-13-3-1-2-4-15(13)11-16/h1-6,11-12,14H,7-10,21H2,(H,25,26). The highest BCUT2D eigenvalue weighted by Gasteiger charge is 2.27. The number of carboxylic acids is 1. The van der Waals surface area contributed by atoms with Crippen molar-refractivity contribution in [3.05, 3.63) is 48.8 Å². The summed E-state index contributed by atoms with van der Waals surface area (Å²) in [4.78, 5) is 21.6. The molecule has 0 unspecified atom stereocenters. The van der Waals surface area contributed by atoms with Crippen molar-refractivity contribution in [1.82, 2.24) is 9.97 Å². The summed E-state index contributed by atoms with van der Waals surface area (Å²) in [6.45, 7) is 1.18. The summed E-state index contributed by atoms with van der Waals surface area (Å²) < 4.78 is 5.91. The van der Waals surface area contributed by atoms with Crippen LogP contribution in [0.25, 0.3) is 10.8 Å². The molecule has 1 saturated heterocycles. The quantitative estimate of drug-likeness (QED) is 0.732. The maximum absolute atomic E-state index is 11.1. The summed E-state index contributed by atoms with van der Waals surface area (Å²) in [5, 5.41) is 11.3. The van der Waals surface area contributed by atoms with Crippen molar-refractivity contribution in [3.8, 4) is 11.6 Å². The minimum Gasteiger partial charge on any atom is -0.481 e. The topological polar surface area (TPSA) is 102 Å². The number of nitrogen functional groups attached to an aromatic ring is 1. The van der Waals surface area contributed by atoms with Crippen LogP contribution in [0.15, 0.2) is 48.8 Å². The molecule has 0 amide bonds. The fraction of sp³-hybridized carbons (Fsp3) is 0.250. The first-order chi connectivity index (χ1) is 13.1. The maximum atomic E-state index is 11.1. The number of piperidine rings is 1. The minimum atomic E-state index is -0.745. The van der Waals surface area contributed by atoms with Crippen LogP contribution in [0.2, 0.25) is 0 Å². The van der Waals surface area contributed by atoms with E-state index in [0.29, 0.717) is 49.1 Å². The van der Waals surface area contributed by atoms with Gasteiger partial charge < -0.3 is 20.5 Å². The number of carbonyl (C=O) groups is 1. The van der Waals surface area contributed by atoms with Gasteiger partial charge in [0.15, 0.2) is 5.82 Å². The lowest BCUT2D eigenvalue weighted by molar-refractivity contribution is -0.142. The summed E-state index contributed by atoms with van der Waals surface area (Å²) in [5.41, 5.74) is 6.62. The molecule has 138 valence electrons. The third-order valence-electron chi connectivity index (χ3n) is 4.91. The van der Waals surface area contributed by atoms with Crippen LogP contribution in [0.5, 0.6) is 11.6 Å². The maximum Gasteiger partial charge on any atom is 0.306 e. The number of fused-ring (bicyclic) bond motifs is 1. The fourth-order valence-electron chi connectivity index (χ4n) is 3.38. The monoisotopic (exact) mass is 364 g/mol. The molecule has 1 aliphatic heterocycles. The average molecular weight is 364 g/mol. The molecule has 0 bridgehead atoms. The Morgan fingerprint density at radius 2 is 1.85 bits per heavy atom. The van der Waals surface area contributed by atoms with Gasteiger partial charge in [0.2, 0.25) is 5.88 Å². The van der Waals surface area contributed by atoms with Gasteiger partial charge in [-0.2, -0.15) is 4.98 Å². The zero-order valence-electron chi connectivity index (χ0n) is 14.7. The molecule has 3 N–H and O–H groups in total.